The second-order valence-electron chi connectivity index (χ2n) is 3.68. The predicted molar refractivity (Wildman–Crippen MR) is 52.1 cm³/mol. The SMILES string of the molecule is C[Si](C)(C)Oc1ccccc1O. The summed E-state index contributed by atoms with van der Waals surface area (Å²) in [6.45, 7) is 6.25. The zero-order valence-corrected chi connectivity index (χ0v) is 8.66. The highest BCUT2D eigenvalue weighted by Crippen LogP contribution is 2.26. The van der Waals surface area contributed by atoms with Crippen LogP contribution >= 0.6 is 0 Å². The molecule has 0 heterocycles. The number of aromatic hydroxyl groups is 1. The van der Waals surface area contributed by atoms with Crippen molar-refractivity contribution >= 4 is 8.32 Å². The first-order valence-corrected chi connectivity index (χ1v) is 7.37. The molecule has 0 aliphatic carbocycles. The molecule has 0 unspecified atom stereocenters. The van der Waals surface area contributed by atoms with E-state index in [-0.39, 0.29) is 5.75 Å². The molecular weight excluding hydrogens is 168 g/mol. The molecule has 66 valence electrons. The van der Waals surface area contributed by atoms with E-state index in [1.54, 1.807) is 18.2 Å². The number of phenolic OH excluding ortho intramolecular Hbond substituents is 1. The van der Waals surface area contributed by atoms with Crippen molar-refractivity contribution in [1.82, 2.24) is 0 Å². The van der Waals surface area contributed by atoms with Gasteiger partial charge in [-0.15, -0.1) is 0 Å². The van der Waals surface area contributed by atoms with Crippen LogP contribution in [0, 0.1) is 0 Å². The first-order valence-electron chi connectivity index (χ1n) is 3.96. The highest BCUT2D eigenvalue weighted by molar-refractivity contribution is 6.70. The fraction of sp³-hybridized carbons (Fsp3) is 0.333. The van der Waals surface area contributed by atoms with Crippen LogP contribution in [0.3, 0.4) is 0 Å². The van der Waals surface area contributed by atoms with Crippen LogP contribution in [0.2, 0.25) is 19.6 Å². The Morgan fingerprint density at radius 3 is 2.25 bits per heavy atom. The Kier molecular flexibility index (Phi) is 2.42. The van der Waals surface area contributed by atoms with Crippen molar-refractivity contribution in [3.8, 4) is 11.5 Å². The van der Waals surface area contributed by atoms with Gasteiger partial charge in [0.15, 0.2) is 5.75 Å². The van der Waals surface area contributed by atoms with Crippen molar-refractivity contribution in [3.05, 3.63) is 24.3 Å². The Bertz CT molecular complexity index is 265. The van der Waals surface area contributed by atoms with Crippen LogP contribution in [0.25, 0.3) is 0 Å². The molecule has 0 aliphatic heterocycles. The summed E-state index contributed by atoms with van der Waals surface area (Å²) in [5.74, 6) is 0.816. The minimum absolute atomic E-state index is 0.222. The molecule has 1 aromatic rings. The minimum Gasteiger partial charge on any atom is -0.542 e. The average molecular weight is 182 g/mol. The van der Waals surface area contributed by atoms with E-state index in [1.165, 1.54) is 0 Å². The van der Waals surface area contributed by atoms with Gasteiger partial charge in [0.1, 0.15) is 5.75 Å². The summed E-state index contributed by atoms with van der Waals surface area (Å²) < 4.78 is 5.62. The Morgan fingerprint density at radius 1 is 1.17 bits per heavy atom. The van der Waals surface area contributed by atoms with Crippen molar-refractivity contribution < 1.29 is 9.53 Å². The van der Waals surface area contributed by atoms with E-state index < -0.39 is 8.32 Å². The van der Waals surface area contributed by atoms with E-state index in [9.17, 15) is 5.11 Å². The summed E-state index contributed by atoms with van der Waals surface area (Å²) in [7, 11) is -1.59. The lowest BCUT2D eigenvalue weighted by atomic mass is 10.3. The Labute approximate surface area is 73.9 Å². The summed E-state index contributed by atoms with van der Waals surface area (Å²) in [5, 5.41) is 9.37. The molecule has 1 N–H and O–H groups in total. The summed E-state index contributed by atoms with van der Waals surface area (Å²) in [6, 6.07) is 7.06. The third kappa shape index (κ3) is 2.58. The number of hydrogen-bond donors (Lipinski definition) is 1. The molecule has 0 radical (unpaired) electrons. The maximum absolute atomic E-state index is 9.37. The smallest absolute Gasteiger partial charge is 0.242 e. The van der Waals surface area contributed by atoms with Crippen LogP contribution in [0.5, 0.6) is 11.5 Å². The van der Waals surface area contributed by atoms with Crippen molar-refractivity contribution in [3.63, 3.8) is 0 Å². The Morgan fingerprint density at radius 2 is 1.75 bits per heavy atom. The van der Waals surface area contributed by atoms with Gasteiger partial charge in [0.2, 0.25) is 8.32 Å². The van der Waals surface area contributed by atoms with E-state index in [1.807, 2.05) is 6.07 Å². The van der Waals surface area contributed by atoms with Gasteiger partial charge >= 0.3 is 0 Å². The molecule has 0 aliphatic rings. The van der Waals surface area contributed by atoms with E-state index in [0.717, 1.165) is 0 Å². The molecule has 0 amide bonds. The first-order chi connectivity index (χ1) is 5.49. The fourth-order valence-corrected chi connectivity index (χ4v) is 1.71. The second-order valence-corrected chi connectivity index (χ2v) is 8.11. The van der Waals surface area contributed by atoms with Crippen LogP contribution in [-0.2, 0) is 0 Å². The molecule has 0 atom stereocenters. The van der Waals surface area contributed by atoms with E-state index in [4.69, 9.17) is 4.43 Å². The normalized spacial score (nSPS) is 11.2. The lowest BCUT2D eigenvalue weighted by Crippen LogP contribution is -2.29. The van der Waals surface area contributed by atoms with Gasteiger partial charge in [-0.2, -0.15) is 0 Å². The lowest BCUT2D eigenvalue weighted by molar-refractivity contribution is 0.436. The number of para-hydroxylation sites is 2. The first kappa shape index (κ1) is 9.13. The number of hydrogen-bond acceptors (Lipinski definition) is 2. The molecule has 0 fully saturated rings. The Balaban J connectivity index is 2.83. The van der Waals surface area contributed by atoms with E-state index >= 15 is 0 Å². The number of phenols is 1. The van der Waals surface area contributed by atoms with Gasteiger partial charge < -0.3 is 9.53 Å². The highest BCUT2D eigenvalue weighted by Gasteiger charge is 2.17. The number of benzene rings is 1. The molecule has 3 heteroatoms. The molecule has 12 heavy (non-hydrogen) atoms. The van der Waals surface area contributed by atoms with Crippen LogP contribution in [0.4, 0.5) is 0 Å². The Hall–Kier alpha value is -0.963. The van der Waals surface area contributed by atoms with Crippen LogP contribution in [-0.4, -0.2) is 13.4 Å². The molecule has 1 rings (SSSR count). The third-order valence-electron chi connectivity index (χ3n) is 1.28. The maximum atomic E-state index is 9.37. The zero-order valence-electron chi connectivity index (χ0n) is 7.66. The number of rotatable bonds is 2. The average Bonchev–Trinajstić information content (AvgIpc) is 1.91. The molecule has 0 bridgehead atoms. The quantitative estimate of drug-likeness (QED) is 0.712. The van der Waals surface area contributed by atoms with Gasteiger partial charge in [0.25, 0.3) is 0 Å². The van der Waals surface area contributed by atoms with Gasteiger partial charge in [-0.1, -0.05) is 12.1 Å². The summed E-state index contributed by atoms with van der Waals surface area (Å²) in [6.07, 6.45) is 0. The fourth-order valence-electron chi connectivity index (χ4n) is 0.873. The third-order valence-corrected chi connectivity index (χ3v) is 2.11. The van der Waals surface area contributed by atoms with Crippen molar-refractivity contribution in [1.29, 1.82) is 0 Å². The molecule has 0 saturated heterocycles. The molecule has 0 saturated carbocycles. The van der Waals surface area contributed by atoms with E-state index in [2.05, 4.69) is 19.6 Å². The summed E-state index contributed by atoms with van der Waals surface area (Å²) in [4.78, 5) is 0. The molecule has 2 nitrogen and oxygen atoms in total. The zero-order chi connectivity index (χ0) is 9.19. The molecule has 0 aromatic heterocycles. The van der Waals surface area contributed by atoms with Gasteiger partial charge in [-0.3, -0.25) is 0 Å². The van der Waals surface area contributed by atoms with Crippen LogP contribution < -0.4 is 4.43 Å². The monoisotopic (exact) mass is 182 g/mol. The molecular formula is C9H14O2Si. The standard InChI is InChI=1S/C9H14O2Si/c1-12(2,3)11-9-7-5-4-6-8(9)10/h4-7,10H,1-3H3. The van der Waals surface area contributed by atoms with Crippen LogP contribution in [0.15, 0.2) is 24.3 Å². The predicted octanol–water partition coefficient (Wildman–Crippen LogP) is 2.61. The summed E-state index contributed by atoms with van der Waals surface area (Å²) >= 11 is 0. The van der Waals surface area contributed by atoms with Gasteiger partial charge in [0, 0.05) is 0 Å². The van der Waals surface area contributed by atoms with Gasteiger partial charge in [-0.25, -0.2) is 0 Å². The van der Waals surface area contributed by atoms with Gasteiger partial charge in [0.05, 0.1) is 0 Å². The minimum atomic E-state index is -1.59. The largest absolute Gasteiger partial charge is 0.542 e. The van der Waals surface area contributed by atoms with Crippen molar-refractivity contribution in [2.24, 2.45) is 0 Å². The lowest BCUT2D eigenvalue weighted by Gasteiger charge is -2.19. The van der Waals surface area contributed by atoms with E-state index in [0.29, 0.717) is 5.75 Å². The highest BCUT2D eigenvalue weighted by atomic mass is 28.4. The van der Waals surface area contributed by atoms with Crippen molar-refractivity contribution in [2.45, 2.75) is 19.6 Å². The topological polar surface area (TPSA) is 29.5 Å². The molecule has 0 spiro atoms. The molecule has 1 aromatic carbocycles. The maximum Gasteiger partial charge on any atom is 0.242 e. The summed E-state index contributed by atoms with van der Waals surface area (Å²) in [5.41, 5.74) is 0. The van der Waals surface area contributed by atoms with Crippen LogP contribution in [0.1, 0.15) is 0 Å². The second kappa shape index (κ2) is 3.19. The van der Waals surface area contributed by atoms with Crippen molar-refractivity contribution in [2.75, 3.05) is 0 Å². The van der Waals surface area contributed by atoms with Gasteiger partial charge in [-0.05, 0) is 31.8 Å².